The number of aryl methyl sites for hydroxylation is 1. The predicted molar refractivity (Wildman–Crippen MR) is 94.1 cm³/mol. The van der Waals surface area contributed by atoms with E-state index in [0.717, 1.165) is 21.5 Å². The molecule has 3 N–H and O–H groups in total. The Hall–Kier alpha value is -3.26. The normalized spacial score (nSPS) is 13.0. The van der Waals surface area contributed by atoms with Crippen molar-refractivity contribution < 1.29 is 9.59 Å². The molecule has 1 aliphatic heterocycles. The molecule has 2 amide bonds. The fourth-order valence-corrected chi connectivity index (χ4v) is 3.70. The van der Waals surface area contributed by atoms with Crippen LogP contribution >= 0.6 is 11.3 Å². The average molecular weight is 352 g/mol. The van der Waals surface area contributed by atoms with Gasteiger partial charge in [0.25, 0.3) is 17.4 Å². The van der Waals surface area contributed by atoms with Crippen LogP contribution in [0.4, 0.5) is 5.82 Å². The number of hydrogen-bond donors (Lipinski definition) is 2. The standard InChI is InChI=1S/C17H12N4O3S/c1-8-19-7-12(25-8)9-4-2-3-5-11(9)21-13(22)6-10-14(15(21)18)17(24)20-16(10)23/h2-7H,18H2,1H3,(H,20,23,24). The number of nitrogens with two attached hydrogens (primary N) is 1. The number of para-hydroxylation sites is 1. The van der Waals surface area contributed by atoms with Gasteiger partial charge in [-0.15, -0.1) is 11.3 Å². The number of aromatic nitrogens is 2. The third-order valence-electron chi connectivity index (χ3n) is 3.99. The SMILES string of the molecule is Cc1ncc(-c2ccccc2-n2c(N)c3c(cc2=O)C(=O)NC3=O)s1. The first-order chi connectivity index (χ1) is 12.0. The Morgan fingerprint density at radius 1 is 1.12 bits per heavy atom. The molecule has 1 aliphatic rings. The van der Waals surface area contributed by atoms with Crippen molar-refractivity contribution in [3.05, 3.63) is 63.0 Å². The summed E-state index contributed by atoms with van der Waals surface area (Å²) in [5, 5.41) is 3.05. The van der Waals surface area contributed by atoms with Crippen molar-refractivity contribution in [2.24, 2.45) is 0 Å². The monoisotopic (exact) mass is 352 g/mol. The highest BCUT2D eigenvalue weighted by atomic mass is 32.1. The fraction of sp³-hybridized carbons (Fsp3) is 0.0588. The first-order valence-electron chi connectivity index (χ1n) is 7.41. The number of imide groups is 1. The minimum Gasteiger partial charge on any atom is -0.384 e. The van der Waals surface area contributed by atoms with Gasteiger partial charge < -0.3 is 5.73 Å². The second-order valence-corrected chi connectivity index (χ2v) is 6.77. The molecule has 0 saturated carbocycles. The van der Waals surface area contributed by atoms with Crippen LogP contribution in [-0.4, -0.2) is 21.4 Å². The largest absolute Gasteiger partial charge is 0.384 e. The Balaban J connectivity index is 2.02. The maximum Gasteiger partial charge on any atom is 0.262 e. The molecule has 0 unspecified atom stereocenters. The molecule has 7 nitrogen and oxygen atoms in total. The van der Waals surface area contributed by atoms with E-state index in [1.54, 1.807) is 18.3 Å². The maximum absolute atomic E-state index is 12.6. The van der Waals surface area contributed by atoms with Crippen LogP contribution in [0.2, 0.25) is 0 Å². The smallest absolute Gasteiger partial charge is 0.262 e. The summed E-state index contributed by atoms with van der Waals surface area (Å²) in [6, 6.07) is 8.35. The Kier molecular flexibility index (Phi) is 3.29. The number of carbonyl (C=O) groups is 2. The van der Waals surface area contributed by atoms with E-state index in [1.165, 1.54) is 15.9 Å². The molecule has 3 aromatic rings. The van der Waals surface area contributed by atoms with Crippen LogP contribution < -0.4 is 16.6 Å². The van der Waals surface area contributed by atoms with Crippen LogP contribution in [0.3, 0.4) is 0 Å². The first-order valence-corrected chi connectivity index (χ1v) is 8.22. The van der Waals surface area contributed by atoms with E-state index >= 15 is 0 Å². The number of nitrogen functional groups attached to an aromatic ring is 1. The molecule has 124 valence electrons. The molecule has 3 heterocycles. The summed E-state index contributed by atoms with van der Waals surface area (Å²) >= 11 is 1.49. The van der Waals surface area contributed by atoms with Crippen molar-refractivity contribution in [2.75, 3.05) is 5.73 Å². The highest BCUT2D eigenvalue weighted by Gasteiger charge is 2.32. The van der Waals surface area contributed by atoms with Gasteiger partial charge in [-0.05, 0) is 13.0 Å². The predicted octanol–water partition coefficient (Wildman–Crippen LogP) is 1.74. The fourth-order valence-electron chi connectivity index (χ4n) is 2.89. The third kappa shape index (κ3) is 2.26. The van der Waals surface area contributed by atoms with Gasteiger partial charge in [0.1, 0.15) is 5.82 Å². The minimum absolute atomic E-state index is 0.00914. The van der Waals surface area contributed by atoms with Gasteiger partial charge >= 0.3 is 0 Å². The van der Waals surface area contributed by atoms with E-state index < -0.39 is 17.4 Å². The van der Waals surface area contributed by atoms with Crippen molar-refractivity contribution in [3.8, 4) is 16.1 Å². The highest BCUT2D eigenvalue weighted by molar-refractivity contribution is 7.15. The molecule has 0 aliphatic carbocycles. The van der Waals surface area contributed by atoms with Gasteiger partial charge in [-0.25, -0.2) is 4.98 Å². The number of anilines is 1. The van der Waals surface area contributed by atoms with Gasteiger partial charge in [-0.2, -0.15) is 0 Å². The number of pyridine rings is 1. The van der Waals surface area contributed by atoms with Gasteiger partial charge in [0, 0.05) is 17.8 Å². The lowest BCUT2D eigenvalue weighted by atomic mass is 10.1. The zero-order valence-corrected chi connectivity index (χ0v) is 13.9. The van der Waals surface area contributed by atoms with Crippen LogP contribution in [-0.2, 0) is 0 Å². The molecular formula is C17H12N4O3S. The summed E-state index contributed by atoms with van der Waals surface area (Å²) in [5.74, 6) is -1.26. The molecule has 0 radical (unpaired) electrons. The summed E-state index contributed by atoms with van der Waals surface area (Å²) in [6.07, 6.45) is 1.73. The lowest BCUT2D eigenvalue weighted by Gasteiger charge is -2.14. The molecule has 25 heavy (non-hydrogen) atoms. The summed E-state index contributed by atoms with van der Waals surface area (Å²) in [5.41, 5.74) is 6.97. The molecular weight excluding hydrogens is 340 g/mol. The van der Waals surface area contributed by atoms with Crippen LogP contribution in [0.15, 0.2) is 41.3 Å². The summed E-state index contributed by atoms with van der Waals surface area (Å²) in [4.78, 5) is 41.5. The molecule has 4 rings (SSSR count). The number of amides is 2. The molecule has 0 atom stereocenters. The van der Waals surface area contributed by atoms with Crippen molar-refractivity contribution >= 4 is 29.0 Å². The van der Waals surface area contributed by atoms with Crippen LogP contribution in [0.5, 0.6) is 0 Å². The minimum atomic E-state index is -0.609. The zero-order valence-electron chi connectivity index (χ0n) is 13.1. The van der Waals surface area contributed by atoms with Crippen LogP contribution in [0, 0.1) is 6.92 Å². The van der Waals surface area contributed by atoms with E-state index in [2.05, 4.69) is 10.3 Å². The quantitative estimate of drug-likeness (QED) is 0.683. The summed E-state index contributed by atoms with van der Waals surface area (Å²) in [6.45, 7) is 1.89. The van der Waals surface area contributed by atoms with Crippen molar-refractivity contribution in [1.29, 1.82) is 0 Å². The van der Waals surface area contributed by atoms with Crippen LogP contribution in [0.25, 0.3) is 16.1 Å². The zero-order chi connectivity index (χ0) is 17.7. The molecule has 8 heteroatoms. The Morgan fingerprint density at radius 2 is 1.88 bits per heavy atom. The number of nitrogens with one attached hydrogen (secondary N) is 1. The number of hydrogen-bond acceptors (Lipinski definition) is 6. The topological polar surface area (TPSA) is 107 Å². The van der Waals surface area contributed by atoms with E-state index in [-0.39, 0.29) is 16.9 Å². The van der Waals surface area contributed by atoms with Gasteiger partial charge in [0.2, 0.25) is 0 Å². The van der Waals surface area contributed by atoms with Gasteiger partial charge in [-0.1, -0.05) is 18.2 Å². The lowest BCUT2D eigenvalue weighted by Crippen LogP contribution is -2.24. The van der Waals surface area contributed by atoms with E-state index in [4.69, 9.17) is 5.73 Å². The van der Waals surface area contributed by atoms with Gasteiger partial charge in [-0.3, -0.25) is 24.3 Å². The molecule has 0 bridgehead atoms. The summed E-state index contributed by atoms with van der Waals surface area (Å²) < 4.78 is 1.25. The van der Waals surface area contributed by atoms with Crippen LogP contribution in [0.1, 0.15) is 25.7 Å². The highest BCUT2D eigenvalue weighted by Crippen LogP contribution is 2.32. The number of carbonyl (C=O) groups excluding carboxylic acids is 2. The Morgan fingerprint density at radius 3 is 2.60 bits per heavy atom. The summed E-state index contributed by atoms with van der Waals surface area (Å²) in [7, 11) is 0. The molecule has 0 fully saturated rings. The van der Waals surface area contributed by atoms with E-state index in [0.29, 0.717) is 5.69 Å². The molecule has 2 aromatic heterocycles. The lowest BCUT2D eigenvalue weighted by molar-refractivity contribution is 0.0880. The Labute approximate surface area is 145 Å². The molecule has 0 spiro atoms. The third-order valence-corrected chi connectivity index (χ3v) is 4.93. The van der Waals surface area contributed by atoms with Crippen molar-refractivity contribution in [3.63, 3.8) is 0 Å². The second kappa shape index (κ2) is 5.38. The maximum atomic E-state index is 12.6. The van der Waals surface area contributed by atoms with Crippen molar-refractivity contribution in [2.45, 2.75) is 6.92 Å². The van der Waals surface area contributed by atoms with Gasteiger partial charge in [0.15, 0.2) is 0 Å². The number of nitrogens with zero attached hydrogens (tertiary/aromatic N) is 2. The Bertz CT molecular complexity index is 1110. The van der Waals surface area contributed by atoms with Gasteiger partial charge in [0.05, 0.1) is 26.7 Å². The van der Waals surface area contributed by atoms with E-state index in [1.807, 2.05) is 19.1 Å². The van der Waals surface area contributed by atoms with E-state index in [9.17, 15) is 14.4 Å². The molecule has 0 saturated heterocycles. The van der Waals surface area contributed by atoms with Crippen molar-refractivity contribution in [1.82, 2.24) is 14.9 Å². The first kappa shape index (κ1) is 15.3. The molecule has 1 aromatic carbocycles. The number of fused-ring (bicyclic) bond motifs is 1. The second-order valence-electron chi connectivity index (χ2n) is 5.54. The number of thiazole rings is 1. The number of benzene rings is 1. The number of rotatable bonds is 2. The average Bonchev–Trinajstić information content (AvgIpc) is 3.12.